The minimum Gasteiger partial charge on any atom is -0.328 e. The lowest BCUT2D eigenvalue weighted by Crippen LogP contribution is -2.09. The average Bonchev–Trinajstić information content (AvgIpc) is 3.01. The first-order chi connectivity index (χ1) is 9.11. The molecule has 0 amide bonds. The van der Waals surface area contributed by atoms with Crippen LogP contribution in [0.1, 0.15) is 18.4 Å². The predicted octanol–water partition coefficient (Wildman–Crippen LogP) is 1.40. The highest BCUT2D eigenvalue weighted by Gasteiger charge is 2.14. The first-order valence-electron chi connectivity index (χ1n) is 6.10. The minimum absolute atomic E-state index is 0.589. The Balaban J connectivity index is 2.15. The maximum atomic E-state index is 5.39. The molecular formula is C11H15N7S. The highest BCUT2D eigenvalue weighted by atomic mass is 32.1. The van der Waals surface area contributed by atoms with Crippen LogP contribution in [0.4, 0.5) is 0 Å². The third-order valence-corrected chi connectivity index (χ3v) is 3.58. The molecule has 3 rings (SSSR count). The Bertz CT molecular complexity index is 788. The van der Waals surface area contributed by atoms with E-state index in [-0.39, 0.29) is 0 Å². The van der Waals surface area contributed by atoms with Gasteiger partial charge in [0.25, 0.3) is 0 Å². The van der Waals surface area contributed by atoms with Gasteiger partial charge in [-0.2, -0.15) is 5.10 Å². The fourth-order valence-electron chi connectivity index (χ4n) is 2.33. The minimum atomic E-state index is 0.589. The number of aromatic nitrogens is 7. The molecule has 0 saturated heterocycles. The molecule has 0 aliphatic carbocycles. The second-order valence-electron chi connectivity index (χ2n) is 4.46. The van der Waals surface area contributed by atoms with Crippen molar-refractivity contribution in [3.63, 3.8) is 0 Å². The van der Waals surface area contributed by atoms with E-state index in [1.807, 2.05) is 27.8 Å². The van der Waals surface area contributed by atoms with Gasteiger partial charge in [0.15, 0.2) is 16.2 Å². The first kappa shape index (κ1) is 12.1. The van der Waals surface area contributed by atoms with Crippen molar-refractivity contribution in [2.24, 2.45) is 7.05 Å². The van der Waals surface area contributed by atoms with Crippen LogP contribution in [0.25, 0.3) is 11.2 Å². The maximum absolute atomic E-state index is 5.39. The van der Waals surface area contributed by atoms with Gasteiger partial charge in [-0.15, -0.1) is 10.2 Å². The van der Waals surface area contributed by atoms with E-state index in [4.69, 9.17) is 12.2 Å². The summed E-state index contributed by atoms with van der Waals surface area (Å²) in [6.07, 6.45) is 1.73. The van der Waals surface area contributed by atoms with Gasteiger partial charge in [0.05, 0.1) is 12.2 Å². The fraction of sp³-hybridized carbons (Fsp3) is 0.455. The Morgan fingerprint density at radius 3 is 2.95 bits per heavy atom. The number of H-pyrrole nitrogens is 1. The van der Waals surface area contributed by atoms with Gasteiger partial charge in [-0.05, 0) is 26.1 Å². The van der Waals surface area contributed by atoms with Crippen molar-refractivity contribution in [2.45, 2.75) is 26.9 Å². The first-order valence-corrected chi connectivity index (χ1v) is 6.51. The van der Waals surface area contributed by atoms with Crippen LogP contribution in [0.3, 0.4) is 0 Å². The molecule has 19 heavy (non-hydrogen) atoms. The molecule has 3 aromatic rings. The quantitative estimate of drug-likeness (QED) is 0.735. The molecule has 0 saturated carbocycles. The van der Waals surface area contributed by atoms with E-state index in [9.17, 15) is 0 Å². The fourth-order valence-corrected chi connectivity index (χ4v) is 2.58. The van der Waals surface area contributed by atoms with Crippen molar-refractivity contribution in [3.05, 3.63) is 22.6 Å². The molecule has 1 N–H and O–H groups in total. The SMILES string of the molecule is CCn1cnnc1Cn1c(=S)[nH]c2c(C)nn(C)c21. The van der Waals surface area contributed by atoms with Gasteiger partial charge in [-0.1, -0.05) is 0 Å². The summed E-state index contributed by atoms with van der Waals surface area (Å²) in [4.78, 5) is 3.20. The van der Waals surface area contributed by atoms with Crippen molar-refractivity contribution in [2.75, 3.05) is 0 Å². The predicted molar refractivity (Wildman–Crippen MR) is 73.4 cm³/mol. The molecule has 100 valence electrons. The second kappa shape index (κ2) is 4.30. The number of fused-ring (bicyclic) bond motifs is 1. The molecule has 8 heteroatoms. The molecule has 3 aromatic heterocycles. The Hall–Kier alpha value is -1.96. The van der Waals surface area contributed by atoms with Gasteiger partial charge in [0, 0.05) is 13.6 Å². The summed E-state index contributed by atoms with van der Waals surface area (Å²) in [7, 11) is 1.92. The van der Waals surface area contributed by atoms with Gasteiger partial charge in [-0.25, -0.2) is 0 Å². The highest BCUT2D eigenvalue weighted by Crippen LogP contribution is 2.17. The number of nitrogens with zero attached hydrogens (tertiary/aromatic N) is 6. The zero-order valence-corrected chi connectivity index (χ0v) is 11.9. The van der Waals surface area contributed by atoms with Crippen LogP contribution in [0.5, 0.6) is 0 Å². The highest BCUT2D eigenvalue weighted by molar-refractivity contribution is 7.71. The van der Waals surface area contributed by atoms with Crippen molar-refractivity contribution >= 4 is 23.4 Å². The maximum Gasteiger partial charge on any atom is 0.179 e. The number of imidazole rings is 1. The number of hydrogen-bond donors (Lipinski definition) is 1. The zero-order chi connectivity index (χ0) is 13.6. The van der Waals surface area contributed by atoms with Crippen LogP contribution in [0, 0.1) is 11.7 Å². The molecule has 0 aliphatic rings. The summed E-state index contributed by atoms with van der Waals surface area (Å²) in [5.41, 5.74) is 2.91. The molecule has 0 bridgehead atoms. The van der Waals surface area contributed by atoms with Crippen LogP contribution in [-0.4, -0.2) is 34.1 Å². The zero-order valence-electron chi connectivity index (χ0n) is 11.1. The lowest BCUT2D eigenvalue weighted by atomic mass is 10.4. The largest absolute Gasteiger partial charge is 0.328 e. The number of rotatable bonds is 3. The molecule has 0 atom stereocenters. The van der Waals surface area contributed by atoms with Crippen molar-refractivity contribution in [1.29, 1.82) is 0 Å². The number of hydrogen-bond acceptors (Lipinski definition) is 4. The lowest BCUT2D eigenvalue weighted by Gasteiger charge is -2.05. The number of aromatic amines is 1. The summed E-state index contributed by atoms with van der Waals surface area (Å²) < 4.78 is 6.52. The third kappa shape index (κ3) is 1.79. The smallest absolute Gasteiger partial charge is 0.179 e. The number of aryl methyl sites for hydroxylation is 3. The molecule has 0 fully saturated rings. The van der Waals surface area contributed by atoms with E-state index in [0.717, 1.165) is 29.2 Å². The molecule has 3 heterocycles. The van der Waals surface area contributed by atoms with E-state index in [1.54, 1.807) is 6.33 Å². The number of nitrogens with one attached hydrogen (secondary N) is 1. The van der Waals surface area contributed by atoms with Crippen molar-refractivity contribution in [3.8, 4) is 0 Å². The standard InChI is InChI=1S/C11H15N7S/c1-4-17-6-12-14-8(17)5-18-10-9(13-11(18)19)7(2)15-16(10)3/h6H,4-5H2,1-3H3,(H,13,19). The molecular weight excluding hydrogens is 262 g/mol. The van der Waals surface area contributed by atoms with Gasteiger partial charge in [-0.3, -0.25) is 9.25 Å². The Labute approximate surface area is 114 Å². The van der Waals surface area contributed by atoms with Crippen molar-refractivity contribution in [1.82, 2.24) is 34.1 Å². The van der Waals surface area contributed by atoms with E-state index in [2.05, 4.69) is 27.2 Å². The molecule has 0 radical (unpaired) electrons. The van der Waals surface area contributed by atoms with Gasteiger partial charge in [0.1, 0.15) is 11.8 Å². The monoisotopic (exact) mass is 277 g/mol. The molecule has 7 nitrogen and oxygen atoms in total. The van der Waals surface area contributed by atoms with Crippen molar-refractivity contribution < 1.29 is 0 Å². The van der Waals surface area contributed by atoms with Gasteiger partial charge < -0.3 is 9.55 Å². The average molecular weight is 277 g/mol. The summed E-state index contributed by atoms with van der Waals surface area (Å²) in [5, 5.41) is 12.5. The second-order valence-corrected chi connectivity index (χ2v) is 4.84. The Morgan fingerprint density at radius 1 is 1.42 bits per heavy atom. The molecule has 0 spiro atoms. The van der Waals surface area contributed by atoms with Crippen LogP contribution >= 0.6 is 12.2 Å². The topological polar surface area (TPSA) is 69.2 Å². The normalized spacial score (nSPS) is 11.5. The summed E-state index contributed by atoms with van der Waals surface area (Å²) >= 11 is 5.39. The third-order valence-electron chi connectivity index (χ3n) is 3.26. The Kier molecular flexibility index (Phi) is 2.74. The van der Waals surface area contributed by atoms with Gasteiger partial charge in [0.2, 0.25) is 0 Å². The molecule has 0 aromatic carbocycles. The summed E-state index contributed by atoms with van der Waals surface area (Å²) in [6, 6.07) is 0. The van der Waals surface area contributed by atoms with E-state index < -0.39 is 0 Å². The summed E-state index contributed by atoms with van der Waals surface area (Å²) in [5.74, 6) is 0.887. The van der Waals surface area contributed by atoms with Crippen LogP contribution in [0.15, 0.2) is 6.33 Å². The van der Waals surface area contributed by atoms with Crippen LogP contribution < -0.4 is 0 Å². The van der Waals surface area contributed by atoms with E-state index in [1.165, 1.54) is 0 Å². The summed E-state index contributed by atoms with van der Waals surface area (Å²) in [6.45, 7) is 5.46. The van der Waals surface area contributed by atoms with Crippen LogP contribution in [0.2, 0.25) is 0 Å². The van der Waals surface area contributed by atoms with E-state index >= 15 is 0 Å². The molecule has 0 aliphatic heterocycles. The van der Waals surface area contributed by atoms with Crippen LogP contribution in [-0.2, 0) is 20.1 Å². The Morgan fingerprint density at radius 2 is 2.21 bits per heavy atom. The van der Waals surface area contributed by atoms with Gasteiger partial charge >= 0.3 is 0 Å². The molecule has 0 unspecified atom stereocenters. The van der Waals surface area contributed by atoms with E-state index in [0.29, 0.717) is 11.3 Å². The lowest BCUT2D eigenvalue weighted by molar-refractivity contribution is 0.640.